The first-order valence-electron chi connectivity index (χ1n) is 10.2. The van der Waals surface area contributed by atoms with Crippen LogP contribution in [0.4, 0.5) is 4.39 Å². The molecule has 32 heavy (non-hydrogen) atoms. The smallest absolute Gasteiger partial charge is 0.283 e. The summed E-state index contributed by atoms with van der Waals surface area (Å²) < 4.78 is 14.8. The molecular formula is C24H23FN4O2S. The zero-order chi connectivity index (χ0) is 22.8. The minimum Gasteiger partial charge on any atom is -0.353 e. The highest BCUT2D eigenvalue weighted by Crippen LogP contribution is 2.22. The summed E-state index contributed by atoms with van der Waals surface area (Å²) in [6.07, 6.45) is 0. The molecule has 0 fully saturated rings. The third kappa shape index (κ3) is 4.60. The minimum absolute atomic E-state index is 0.0821. The van der Waals surface area contributed by atoms with Crippen LogP contribution in [0, 0.1) is 19.7 Å². The van der Waals surface area contributed by atoms with Crippen molar-refractivity contribution in [3.63, 3.8) is 0 Å². The van der Waals surface area contributed by atoms with Crippen LogP contribution < -0.4 is 10.9 Å². The Bertz CT molecular complexity index is 1330. The van der Waals surface area contributed by atoms with Crippen LogP contribution in [0.3, 0.4) is 0 Å². The van der Waals surface area contributed by atoms with E-state index in [0.717, 1.165) is 28.6 Å². The maximum Gasteiger partial charge on any atom is 0.283 e. The van der Waals surface area contributed by atoms with Gasteiger partial charge in [0.1, 0.15) is 11.3 Å². The Morgan fingerprint density at radius 2 is 1.84 bits per heavy atom. The summed E-state index contributed by atoms with van der Waals surface area (Å²) in [4.78, 5) is 33.4. The summed E-state index contributed by atoms with van der Waals surface area (Å²) in [5.41, 5.74) is 4.06. The first kappa shape index (κ1) is 21.8. The maximum absolute atomic E-state index is 13.4. The summed E-state index contributed by atoms with van der Waals surface area (Å²) in [6, 6.07) is 15.2. The number of carbonyl (C=O) groups excluding carboxylic acids is 1. The van der Waals surface area contributed by atoms with Gasteiger partial charge in [-0.15, -0.1) is 0 Å². The summed E-state index contributed by atoms with van der Waals surface area (Å²) in [5.74, 6) is -0.489. The number of hydrogen-bond donors (Lipinski definition) is 2. The molecule has 2 aromatic heterocycles. The highest BCUT2D eigenvalue weighted by molar-refractivity contribution is 7.99. The number of fused-ring (bicyclic) bond motifs is 1. The van der Waals surface area contributed by atoms with Gasteiger partial charge in [-0.3, -0.25) is 14.2 Å². The lowest BCUT2D eigenvalue weighted by molar-refractivity contribution is -0.119. The van der Waals surface area contributed by atoms with Gasteiger partial charge in [-0.2, -0.15) is 0 Å². The van der Waals surface area contributed by atoms with E-state index < -0.39 is 5.82 Å². The SMILES string of the molecule is Cc1ccc(C(C)NC(=O)CSc2nc3cc(C)[nH]c3c(=O)n2-c2ccc(F)cc2)cc1. The van der Waals surface area contributed by atoms with Crippen molar-refractivity contribution < 1.29 is 9.18 Å². The molecule has 4 rings (SSSR count). The fourth-order valence-corrected chi connectivity index (χ4v) is 4.27. The number of carbonyl (C=O) groups is 1. The molecule has 0 bridgehead atoms. The van der Waals surface area contributed by atoms with Crippen LogP contribution in [0.5, 0.6) is 0 Å². The molecule has 0 aliphatic carbocycles. The fraction of sp³-hybridized carbons (Fsp3) is 0.208. The van der Waals surface area contributed by atoms with Crippen molar-refractivity contribution in [2.24, 2.45) is 0 Å². The molecule has 0 radical (unpaired) electrons. The molecule has 1 unspecified atom stereocenters. The number of nitrogens with zero attached hydrogens (tertiary/aromatic N) is 2. The molecule has 0 aliphatic rings. The van der Waals surface area contributed by atoms with Gasteiger partial charge in [0.15, 0.2) is 5.16 Å². The second-order valence-electron chi connectivity index (χ2n) is 7.71. The predicted molar refractivity (Wildman–Crippen MR) is 125 cm³/mol. The van der Waals surface area contributed by atoms with E-state index in [9.17, 15) is 14.0 Å². The Kier molecular flexibility index (Phi) is 6.14. The number of nitrogens with one attached hydrogen (secondary N) is 2. The summed E-state index contributed by atoms with van der Waals surface area (Å²) in [5, 5.41) is 3.34. The average Bonchev–Trinajstić information content (AvgIpc) is 3.14. The van der Waals surface area contributed by atoms with Gasteiger partial charge in [-0.1, -0.05) is 41.6 Å². The van der Waals surface area contributed by atoms with Gasteiger partial charge in [0.05, 0.1) is 23.0 Å². The molecule has 2 heterocycles. The number of rotatable bonds is 6. The maximum atomic E-state index is 13.4. The Morgan fingerprint density at radius 1 is 1.16 bits per heavy atom. The number of hydrogen-bond acceptors (Lipinski definition) is 4. The summed E-state index contributed by atoms with van der Waals surface area (Å²) >= 11 is 1.16. The van der Waals surface area contributed by atoms with E-state index in [0.29, 0.717) is 21.9 Å². The van der Waals surface area contributed by atoms with Gasteiger partial charge in [0.2, 0.25) is 5.91 Å². The van der Waals surface area contributed by atoms with Crippen LogP contribution in [0.2, 0.25) is 0 Å². The van der Waals surface area contributed by atoms with E-state index in [1.807, 2.05) is 45.0 Å². The van der Waals surface area contributed by atoms with Crippen molar-refractivity contribution >= 4 is 28.7 Å². The summed E-state index contributed by atoms with van der Waals surface area (Å²) in [7, 11) is 0. The zero-order valence-corrected chi connectivity index (χ0v) is 18.8. The zero-order valence-electron chi connectivity index (χ0n) is 18.0. The van der Waals surface area contributed by atoms with Crippen molar-refractivity contribution in [2.45, 2.75) is 32.0 Å². The van der Waals surface area contributed by atoms with Gasteiger partial charge >= 0.3 is 0 Å². The van der Waals surface area contributed by atoms with Crippen molar-refractivity contribution in [1.82, 2.24) is 19.9 Å². The molecule has 8 heteroatoms. The standard InChI is InChI=1S/C24H23FN4O2S/c1-14-4-6-17(7-5-14)16(3)27-21(30)13-32-24-28-20-12-15(2)26-22(20)23(31)29(24)19-10-8-18(25)9-11-19/h4-12,16,26H,13H2,1-3H3,(H,27,30). The number of halogens is 1. The summed E-state index contributed by atoms with van der Waals surface area (Å²) in [6.45, 7) is 5.78. The van der Waals surface area contributed by atoms with E-state index in [4.69, 9.17) is 0 Å². The van der Waals surface area contributed by atoms with Gasteiger partial charge in [-0.05, 0) is 56.7 Å². The Labute approximate surface area is 188 Å². The Hall–Kier alpha value is -3.39. The number of thioether (sulfide) groups is 1. The predicted octanol–water partition coefficient (Wildman–Crippen LogP) is 4.44. The topological polar surface area (TPSA) is 79.8 Å². The highest BCUT2D eigenvalue weighted by atomic mass is 32.2. The molecule has 0 saturated carbocycles. The largest absolute Gasteiger partial charge is 0.353 e. The first-order chi connectivity index (χ1) is 15.3. The average molecular weight is 451 g/mol. The second kappa shape index (κ2) is 9.00. The van der Waals surface area contributed by atoms with E-state index in [2.05, 4.69) is 15.3 Å². The van der Waals surface area contributed by atoms with Crippen LogP contribution in [0.25, 0.3) is 16.7 Å². The number of aryl methyl sites for hydroxylation is 2. The van der Waals surface area contributed by atoms with Gasteiger partial charge in [0, 0.05) is 5.69 Å². The molecule has 0 spiro atoms. The molecule has 164 valence electrons. The number of H-pyrrole nitrogens is 1. The number of aromatic amines is 1. The molecule has 0 saturated heterocycles. The van der Waals surface area contributed by atoms with Crippen LogP contribution in [-0.2, 0) is 4.79 Å². The van der Waals surface area contributed by atoms with E-state index >= 15 is 0 Å². The molecular weight excluding hydrogens is 427 g/mol. The van der Waals surface area contributed by atoms with Crippen LogP contribution >= 0.6 is 11.8 Å². The van der Waals surface area contributed by atoms with Crippen LogP contribution in [0.15, 0.2) is 64.5 Å². The van der Waals surface area contributed by atoms with Crippen LogP contribution in [-0.4, -0.2) is 26.2 Å². The Morgan fingerprint density at radius 3 is 2.53 bits per heavy atom. The molecule has 1 amide bonds. The van der Waals surface area contributed by atoms with Crippen LogP contribution in [0.1, 0.15) is 29.8 Å². The lowest BCUT2D eigenvalue weighted by atomic mass is 10.1. The normalized spacial score (nSPS) is 12.1. The third-order valence-corrected chi connectivity index (χ3v) is 6.07. The molecule has 2 N–H and O–H groups in total. The molecule has 4 aromatic rings. The molecule has 6 nitrogen and oxygen atoms in total. The van der Waals surface area contributed by atoms with Gasteiger partial charge in [0.25, 0.3) is 5.56 Å². The lowest BCUT2D eigenvalue weighted by Gasteiger charge is -2.15. The number of aromatic nitrogens is 3. The highest BCUT2D eigenvalue weighted by Gasteiger charge is 2.17. The van der Waals surface area contributed by atoms with Crippen molar-refractivity contribution in [1.29, 1.82) is 0 Å². The molecule has 2 aromatic carbocycles. The lowest BCUT2D eigenvalue weighted by Crippen LogP contribution is -2.29. The first-order valence-corrected chi connectivity index (χ1v) is 11.2. The number of benzene rings is 2. The molecule has 0 aliphatic heterocycles. The fourth-order valence-electron chi connectivity index (χ4n) is 3.44. The van der Waals surface area contributed by atoms with Gasteiger partial charge in [-0.25, -0.2) is 9.37 Å². The van der Waals surface area contributed by atoms with Crippen molar-refractivity contribution in [3.05, 3.63) is 87.6 Å². The molecule has 1 atom stereocenters. The van der Waals surface area contributed by atoms with Crippen molar-refractivity contribution in [2.75, 3.05) is 5.75 Å². The second-order valence-corrected chi connectivity index (χ2v) is 8.66. The third-order valence-electron chi connectivity index (χ3n) is 5.13. The van der Waals surface area contributed by atoms with E-state index in [1.54, 1.807) is 6.07 Å². The monoisotopic (exact) mass is 450 g/mol. The van der Waals surface area contributed by atoms with E-state index in [1.165, 1.54) is 28.8 Å². The minimum atomic E-state index is -0.398. The van der Waals surface area contributed by atoms with Gasteiger partial charge < -0.3 is 10.3 Å². The van der Waals surface area contributed by atoms with E-state index in [-0.39, 0.29) is 23.3 Å². The van der Waals surface area contributed by atoms with Crippen molar-refractivity contribution in [3.8, 4) is 5.69 Å². The quantitative estimate of drug-likeness (QED) is 0.336. The number of amides is 1. The Balaban J connectivity index is 1.59.